The quantitative estimate of drug-likeness (QED) is 0.666. The molecule has 3 rings (SSSR count). The molecule has 2 aromatic rings. The third kappa shape index (κ3) is 2.40. The Morgan fingerprint density at radius 3 is 2.38 bits per heavy atom. The summed E-state index contributed by atoms with van der Waals surface area (Å²) in [6.45, 7) is 4.28. The molecule has 0 unspecified atom stereocenters. The molecule has 0 spiro atoms. The van der Waals surface area contributed by atoms with E-state index < -0.39 is 0 Å². The fourth-order valence-corrected chi connectivity index (χ4v) is 2.98. The molecule has 1 aromatic carbocycles. The lowest BCUT2D eigenvalue weighted by Crippen LogP contribution is -2.38. The molecule has 110 valence electrons. The van der Waals surface area contributed by atoms with Gasteiger partial charge in [0.1, 0.15) is 11.6 Å². The smallest absolute Gasteiger partial charge is 0.143 e. The predicted molar refractivity (Wildman–Crippen MR) is 85.0 cm³/mol. The molecular weight excluding hydrogens is 260 g/mol. The average molecular weight is 282 g/mol. The van der Waals surface area contributed by atoms with Gasteiger partial charge in [0.25, 0.3) is 0 Å². The van der Waals surface area contributed by atoms with Gasteiger partial charge >= 0.3 is 0 Å². The van der Waals surface area contributed by atoms with Gasteiger partial charge in [-0.25, -0.2) is 15.8 Å². The van der Waals surface area contributed by atoms with Crippen molar-refractivity contribution in [2.45, 2.75) is 44.4 Å². The molecule has 21 heavy (non-hydrogen) atoms. The maximum atomic E-state index is 5.59. The van der Waals surface area contributed by atoms with E-state index in [-0.39, 0.29) is 5.41 Å². The lowest BCUT2D eigenvalue weighted by atomic mass is 9.64. The van der Waals surface area contributed by atoms with E-state index in [2.05, 4.69) is 48.5 Å². The number of benzene rings is 1. The molecule has 4 heteroatoms. The van der Waals surface area contributed by atoms with Crippen molar-refractivity contribution in [3.05, 3.63) is 53.5 Å². The van der Waals surface area contributed by atoms with Gasteiger partial charge in [0.05, 0.1) is 5.41 Å². The molecule has 0 radical (unpaired) electrons. The second-order valence-corrected chi connectivity index (χ2v) is 6.10. The van der Waals surface area contributed by atoms with E-state index in [4.69, 9.17) is 10.8 Å². The number of nitrogens with zero attached hydrogens (tertiary/aromatic N) is 2. The third-order valence-corrected chi connectivity index (χ3v) is 4.45. The van der Waals surface area contributed by atoms with E-state index in [1.165, 1.54) is 12.0 Å². The van der Waals surface area contributed by atoms with Gasteiger partial charge < -0.3 is 5.43 Å². The molecule has 0 aliphatic heterocycles. The maximum absolute atomic E-state index is 5.59. The number of nitrogens with two attached hydrogens (primary N) is 1. The molecule has 3 N–H and O–H groups in total. The molecular formula is C17H22N4. The van der Waals surface area contributed by atoms with Crippen LogP contribution >= 0.6 is 0 Å². The summed E-state index contributed by atoms with van der Waals surface area (Å²) in [4.78, 5) is 9.50. The van der Waals surface area contributed by atoms with Gasteiger partial charge in [-0.05, 0) is 24.3 Å². The monoisotopic (exact) mass is 282 g/mol. The number of nitrogen functional groups attached to an aromatic ring is 1. The second kappa shape index (κ2) is 5.45. The molecule has 0 bridgehead atoms. The first-order chi connectivity index (χ1) is 10.2. The van der Waals surface area contributed by atoms with E-state index in [0.29, 0.717) is 11.7 Å². The molecule has 1 aromatic heterocycles. The van der Waals surface area contributed by atoms with Crippen molar-refractivity contribution < 1.29 is 0 Å². The standard InChI is InChI=1S/C17H22N4/c1-12(2)14-11-15(21-18)20-16(19-14)17(9-6-10-17)13-7-4-3-5-8-13/h3-5,7-8,11-12H,6,9-10,18H2,1-2H3,(H,19,20,21). The molecule has 1 heterocycles. The van der Waals surface area contributed by atoms with Crippen molar-refractivity contribution in [3.8, 4) is 0 Å². The van der Waals surface area contributed by atoms with Crippen LogP contribution in [0.2, 0.25) is 0 Å². The van der Waals surface area contributed by atoms with Gasteiger partial charge in [0.15, 0.2) is 0 Å². The minimum atomic E-state index is -0.0439. The van der Waals surface area contributed by atoms with Crippen LogP contribution in [0.1, 0.15) is 56.1 Å². The molecule has 0 atom stereocenters. The number of nitrogens with one attached hydrogen (secondary N) is 1. The molecule has 4 nitrogen and oxygen atoms in total. The Kier molecular flexibility index (Phi) is 3.64. The van der Waals surface area contributed by atoms with E-state index in [0.717, 1.165) is 24.4 Å². The highest BCUT2D eigenvalue weighted by molar-refractivity contribution is 5.41. The molecule has 1 aliphatic rings. The van der Waals surface area contributed by atoms with Crippen LogP contribution in [0.25, 0.3) is 0 Å². The summed E-state index contributed by atoms with van der Waals surface area (Å²) in [5, 5.41) is 0. The molecule has 1 saturated carbocycles. The van der Waals surface area contributed by atoms with Crippen molar-refractivity contribution in [2.75, 3.05) is 5.43 Å². The predicted octanol–water partition coefficient (Wildman–Crippen LogP) is 3.36. The Hall–Kier alpha value is -1.94. The van der Waals surface area contributed by atoms with Crippen LogP contribution in [0.5, 0.6) is 0 Å². The van der Waals surface area contributed by atoms with Crippen molar-refractivity contribution in [2.24, 2.45) is 5.84 Å². The minimum absolute atomic E-state index is 0.0439. The number of hydrogen-bond donors (Lipinski definition) is 2. The zero-order valence-electron chi connectivity index (χ0n) is 12.6. The number of anilines is 1. The van der Waals surface area contributed by atoms with Crippen LogP contribution in [-0.2, 0) is 5.41 Å². The first kappa shape index (κ1) is 14.0. The largest absolute Gasteiger partial charge is 0.308 e. The van der Waals surface area contributed by atoms with Crippen LogP contribution in [0.3, 0.4) is 0 Å². The Balaban J connectivity index is 2.11. The highest BCUT2D eigenvalue weighted by atomic mass is 15.3. The summed E-state index contributed by atoms with van der Waals surface area (Å²) < 4.78 is 0. The van der Waals surface area contributed by atoms with Gasteiger partial charge in [-0.3, -0.25) is 0 Å². The van der Waals surface area contributed by atoms with E-state index >= 15 is 0 Å². The first-order valence-corrected chi connectivity index (χ1v) is 7.57. The van der Waals surface area contributed by atoms with Gasteiger partial charge in [-0.1, -0.05) is 50.6 Å². The summed E-state index contributed by atoms with van der Waals surface area (Å²) >= 11 is 0. The van der Waals surface area contributed by atoms with Gasteiger partial charge in [0.2, 0.25) is 0 Å². The third-order valence-electron chi connectivity index (χ3n) is 4.45. The van der Waals surface area contributed by atoms with Crippen LogP contribution < -0.4 is 11.3 Å². The van der Waals surface area contributed by atoms with Gasteiger partial charge in [0, 0.05) is 11.8 Å². The number of rotatable bonds is 4. The topological polar surface area (TPSA) is 63.8 Å². The zero-order valence-corrected chi connectivity index (χ0v) is 12.6. The second-order valence-electron chi connectivity index (χ2n) is 6.10. The van der Waals surface area contributed by atoms with Crippen molar-refractivity contribution in [1.29, 1.82) is 0 Å². The maximum Gasteiger partial charge on any atom is 0.143 e. The molecule has 0 amide bonds. The van der Waals surface area contributed by atoms with E-state index in [9.17, 15) is 0 Å². The zero-order chi connectivity index (χ0) is 14.9. The molecule has 1 fully saturated rings. The van der Waals surface area contributed by atoms with Crippen LogP contribution in [0, 0.1) is 0 Å². The molecule has 1 aliphatic carbocycles. The highest BCUT2D eigenvalue weighted by Crippen LogP contribution is 2.47. The summed E-state index contributed by atoms with van der Waals surface area (Å²) in [6.07, 6.45) is 3.42. The number of hydrogen-bond acceptors (Lipinski definition) is 4. The van der Waals surface area contributed by atoms with Crippen LogP contribution in [0.4, 0.5) is 5.82 Å². The van der Waals surface area contributed by atoms with E-state index in [1.807, 2.05) is 12.1 Å². The lowest BCUT2D eigenvalue weighted by Gasteiger charge is -2.41. The van der Waals surface area contributed by atoms with E-state index in [1.54, 1.807) is 0 Å². The Bertz CT molecular complexity index is 618. The lowest BCUT2D eigenvalue weighted by molar-refractivity contribution is 0.284. The van der Waals surface area contributed by atoms with Crippen molar-refractivity contribution >= 4 is 5.82 Å². The summed E-state index contributed by atoms with van der Waals surface area (Å²) in [6, 6.07) is 12.5. The first-order valence-electron chi connectivity index (χ1n) is 7.57. The number of aromatic nitrogens is 2. The Morgan fingerprint density at radius 1 is 1.14 bits per heavy atom. The Morgan fingerprint density at radius 2 is 1.86 bits per heavy atom. The highest BCUT2D eigenvalue weighted by Gasteiger charge is 2.43. The van der Waals surface area contributed by atoms with Crippen LogP contribution in [0.15, 0.2) is 36.4 Å². The average Bonchev–Trinajstić information content (AvgIpc) is 2.47. The van der Waals surface area contributed by atoms with Crippen molar-refractivity contribution in [1.82, 2.24) is 9.97 Å². The van der Waals surface area contributed by atoms with Gasteiger partial charge in [-0.15, -0.1) is 0 Å². The fourth-order valence-electron chi connectivity index (χ4n) is 2.98. The Labute approximate surface area is 125 Å². The molecule has 0 saturated heterocycles. The van der Waals surface area contributed by atoms with Gasteiger partial charge in [-0.2, -0.15) is 0 Å². The summed E-state index contributed by atoms with van der Waals surface area (Å²) in [5.74, 6) is 7.54. The summed E-state index contributed by atoms with van der Waals surface area (Å²) in [5.41, 5.74) is 4.98. The normalized spacial score (nSPS) is 16.6. The number of hydrazine groups is 1. The summed E-state index contributed by atoms with van der Waals surface area (Å²) in [7, 11) is 0. The van der Waals surface area contributed by atoms with Crippen molar-refractivity contribution in [3.63, 3.8) is 0 Å². The minimum Gasteiger partial charge on any atom is -0.308 e. The SMILES string of the molecule is CC(C)c1cc(NN)nc(C2(c3ccccc3)CCC2)n1. The fraction of sp³-hybridized carbons (Fsp3) is 0.412. The van der Waals surface area contributed by atoms with Crippen LogP contribution in [-0.4, -0.2) is 9.97 Å².